The van der Waals surface area contributed by atoms with Gasteiger partial charge in [0.05, 0.1) is 17.5 Å². The molecule has 0 spiro atoms. The van der Waals surface area contributed by atoms with Crippen molar-refractivity contribution in [2.45, 2.75) is 45.3 Å². The third-order valence-electron chi connectivity index (χ3n) is 3.61. The van der Waals surface area contributed by atoms with Gasteiger partial charge >= 0.3 is 0 Å². The molecule has 2 rings (SSSR count). The van der Waals surface area contributed by atoms with Crippen molar-refractivity contribution in [2.24, 2.45) is 0 Å². The molecule has 124 valence electrons. The lowest BCUT2D eigenvalue weighted by Gasteiger charge is -2.22. The minimum absolute atomic E-state index is 0.460. The molecule has 0 fully saturated rings. The van der Waals surface area contributed by atoms with Crippen molar-refractivity contribution < 1.29 is 13.2 Å². The predicted octanol–water partition coefficient (Wildman–Crippen LogP) is 3.70. The molecule has 0 N–H and O–H groups in total. The fourth-order valence-electron chi connectivity index (χ4n) is 2.48. The number of nitrogens with zero attached hydrogens (tertiary/aromatic N) is 1. The van der Waals surface area contributed by atoms with Crippen molar-refractivity contribution in [3.63, 3.8) is 0 Å². The van der Waals surface area contributed by atoms with E-state index in [1.165, 1.54) is 23.6 Å². The number of sulfonamides is 1. The van der Waals surface area contributed by atoms with E-state index in [4.69, 9.17) is 4.74 Å². The average molecular weight is 333 g/mol. The summed E-state index contributed by atoms with van der Waals surface area (Å²) in [5, 5.41) is 0. The highest BCUT2D eigenvalue weighted by molar-refractivity contribution is 7.92. The van der Waals surface area contributed by atoms with Gasteiger partial charge in [0.15, 0.2) is 0 Å². The van der Waals surface area contributed by atoms with Gasteiger partial charge in [0.25, 0.3) is 0 Å². The van der Waals surface area contributed by atoms with Crippen LogP contribution in [0.5, 0.6) is 5.75 Å². The van der Waals surface area contributed by atoms with Crippen LogP contribution in [0.4, 0.5) is 5.69 Å². The molecule has 0 radical (unpaired) electrons. The molecule has 0 aromatic heterocycles. The summed E-state index contributed by atoms with van der Waals surface area (Å²) in [6.07, 6.45) is 5.79. The molecule has 4 nitrogen and oxygen atoms in total. The van der Waals surface area contributed by atoms with Crippen LogP contribution in [-0.2, 0) is 10.0 Å². The van der Waals surface area contributed by atoms with E-state index in [1.54, 1.807) is 18.2 Å². The Morgan fingerprint density at radius 2 is 2.04 bits per heavy atom. The number of hydrogen-bond donors (Lipinski definition) is 0. The van der Waals surface area contributed by atoms with Gasteiger partial charge in [-0.15, -0.1) is 0 Å². The van der Waals surface area contributed by atoms with Crippen LogP contribution < -0.4 is 9.04 Å². The number of rotatable bonds is 6. The highest BCUT2D eigenvalue weighted by Crippen LogP contribution is 2.40. The van der Waals surface area contributed by atoms with Crippen molar-refractivity contribution in [1.82, 2.24) is 0 Å². The molecule has 1 aliphatic rings. The number of fused-ring (bicyclic) bond motifs is 1. The zero-order valence-electron chi connectivity index (χ0n) is 13.7. The standard InChI is InChI=1S/C18H23NO3S/c1-4-5-6-7-8-9-12-15(2)18-19(23(3,20)21)16-13-10-11-14-17(16)22-18/h10-11,13-14,18H,2,4-8H2,1,3H3. The highest BCUT2D eigenvalue weighted by Gasteiger charge is 2.38. The molecule has 0 aliphatic carbocycles. The molecule has 1 heterocycles. The molecule has 0 saturated heterocycles. The molecule has 0 bridgehead atoms. The molecular formula is C18H23NO3S. The normalized spacial score (nSPS) is 16.3. The Labute approximate surface area is 139 Å². The molecule has 1 aliphatic heterocycles. The topological polar surface area (TPSA) is 46.6 Å². The fraction of sp³-hybridized carbons (Fsp3) is 0.444. The van der Waals surface area contributed by atoms with Crippen molar-refractivity contribution >= 4 is 15.7 Å². The van der Waals surface area contributed by atoms with Gasteiger partial charge in [0.1, 0.15) is 5.75 Å². The van der Waals surface area contributed by atoms with E-state index in [9.17, 15) is 8.42 Å². The SMILES string of the molecule is C=C(C#CCCCCCC)C1Oc2ccccc2N1S(C)(=O)=O. The zero-order valence-corrected chi connectivity index (χ0v) is 14.5. The summed E-state index contributed by atoms with van der Waals surface area (Å²) in [6, 6.07) is 7.07. The quantitative estimate of drug-likeness (QED) is 0.589. The monoisotopic (exact) mass is 333 g/mol. The predicted molar refractivity (Wildman–Crippen MR) is 93.9 cm³/mol. The first kappa shape index (κ1) is 17.4. The second kappa shape index (κ2) is 7.56. The van der Waals surface area contributed by atoms with Crippen molar-refractivity contribution in [3.05, 3.63) is 36.4 Å². The van der Waals surface area contributed by atoms with Gasteiger partial charge < -0.3 is 4.74 Å². The summed E-state index contributed by atoms with van der Waals surface area (Å²) >= 11 is 0. The first-order chi connectivity index (χ1) is 10.9. The largest absolute Gasteiger partial charge is 0.462 e. The summed E-state index contributed by atoms with van der Waals surface area (Å²) in [5.74, 6) is 6.57. The Balaban J connectivity index is 2.10. The zero-order chi connectivity index (χ0) is 16.9. The molecule has 1 unspecified atom stereocenters. The van der Waals surface area contributed by atoms with E-state index in [1.807, 2.05) is 6.07 Å². The summed E-state index contributed by atoms with van der Waals surface area (Å²) in [4.78, 5) is 0. The summed E-state index contributed by atoms with van der Waals surface area (Å²) in [7, 11) is -3.47. The van der Waals surface area contributed by atoms with Crippen LogP contribution in [0.15, 0.2) is 36.4 Å². The second-order valence-corrected chi connectivity index (χ2v) is 7.49. The van der Waals surface area contributed by atoms with Gasteiger partial charge in [-0.1, -0.05) is 56.7 Å². The number of benzene rings is 1. The van der Waals surface area contributed by atoms with Crippen molar-refractivity contribution in [1.29, 1.82) is 0 Å². The highest BCUT2D eigenvalue weighted by atomic mass is 32.2. The van der Waals surface area contributed by atoms with Crippen LogP contribution in [0.1, 0.15) is 39.0 Å². The number of unbranched alkanes of at least 4 members (excludes halogenated alkanes) is 4. The minimum atomic E-state index is -3.47. The molecule has 5 heteroatoms. The Morgan fingerprint density at radius 1 is 1.30 bits per heavy atom. The first-order valence-corrected chi connectivity index (χ1v) is 9.72. The molecule has 0 amide bonds. The lowest BCUT2D eigenvalue weighted by molar-refractivity contribution is 0.281. The van der Waals surface area contributed by atoms with Crippen LogP contribution >= 0.6 is 0 Å². The molecule has 1 aromatic rings. The molecule has 23 heavy (non-hydrogen) atoms. The van der Waals surface area contributed by atoms with Gasteiger partial charge in [-0.05, 0) is 18.6 Å². The Hall–Kier alpha value is -1.93. The summed E-state index contributed by atoms with van der Waals surface area (Å²) in [6.45, 7) is 6.08. The van der Waals surface area contributed by atoms with Crippen molar-refractivity contribution in [2.75, 3.05) is 10.6 Å². The van der Waals surface area contributed by atoms with Crippen LogP contribution in [0.2, 0.25) is 0 Å². The smallest absolute Gasteiger partial charge is 0.235 e. The Morgan fingerprint density at radius 3 is 2.74 bits per heavy atom. The van der Waals surface area contributed by atoms with Gasteiger partial charge in [0.2, 0.25) is 16.3 Å². The Kier molecular flexibility index (Phi) is 5.73. The number of ether oxygens (including phenoxy) is 1. The van der Waals surface area contributed by atoms with Gasteiger partial charge in [-0.3, -0.25) is 0 Å². The first-order valence-electron chi connectivity index (χ1n) is 7.88. The maximum absolute atomic E-state index is 12.1. The fourth-order valence-corrected chi connectivity index (χ4v) is 3.50. The van der Waals surface area contributed by atoms with E-state index in [0.29, 0.717) is 17.0 Å². The van der Waals surface area contributed by atoms with Crippen molar-refractivity contribution in [3.8, 4) is 17.6 Å². The number of hydrogen-bond acceptors (Lipinski definition) is 3. The molecule has 1 aromatic carbocycles. The maximum atomic E-state index is 12.1. The summed E-state index contributed by atoms with van der Waals surface area (Å²) in [5.41, 5.74) is 0.994. The lowest BCUT2D eigenvalue weighted by atomic mass is 10.1. The van der Waals surface area contributed by atoms with E-state index in [2.05, 4.69) is 25.3 Å². The van der Waals surface area contributed by atoms with E-state index >= 15 is 0 Å². The van der Waals surface area contributed by atoms with E-state index in [-0.39, 0.29) is 0 Å². The maximum Gasteiger partial charge on any atom is 0.235 e. The van der Waals surface area contributed by atoms with Crippen LogP contribution in [0, 0.1) is 11.8 Å². The third kappa shape index (κ3) is 4.29. The van der Waals surface area contributed by atoms with Gasteiger partial charge in [0, 0.05) is 6.42 Å². The van der Waals surface area contributed by atoms with Gasteiger partial charge in [-0.25, -0.2) is 12.7 Å². The lowest BCUT2D eigenvalue weighted by Crippen LogP contribution is -2.39. The minimum Gasteiger partial charge on any atom is -0.462 e. The van der Waals surface area contributed by atoms with E-state index < -0.39 is 16.3 Å². The molecule has 0 saturated carbocycles. The second-order valence-electron chi connectivity index (χ2n) is 5.63. The third-order valence-corrected chi connectivity index (χ3v) is 4.72. The number of para-hydroxylation sites is 2. The molecular weight excluding hydrogens is 310 g/mol. The average Bonchev–Trinajstić information content (AvgIpc) is 2.90. The van der Waals surface area contributed by atoms with Crippen LogP contribution in [0.3, 0.4) is 0 Å². The summed E-state index contributed by atoms with van der Waals surface area (Å²) < 4.78 is 31.2. The molecule has 1 atom stereocenters. The van der Waals surface area contributed by atoms with Gasteiger partial charge in [-0.2, -0.15) is 0 Å². The van der Waals surface area contributed by atoms with E-state index in [0.717, 1.165) is 19.1 Å². The number of anilines is 1. The van der Waals surface area contributed by atoms with Crippen LogP contribution in [-0.4, -0.2) is 20.9 Å². The van der Waals surface area contributed by atoms with Crippen LogP contribution in [0.25, 0.3) is 0 Å². The Bertz CT molecular complexity index is 728.